The number of hydrogen-bond donors (Lipinski definition) is 1. The molecule has 82 valence electrons. The van der Waals surface area contributed by atoms with Crippen molar-refractivity contribution in [3.63, 3.8) is 0 Å². The van der Waals surface area contributed by atoms with E-state index in [0.717, 1.165) is 22.8 Å². The monoisotopic (exact) mass is 231 g/mol. The number of halogens is 1. The van der Waals surface area contributed by atoms with Gasteiger partial charge in [-0.3, -0.25) is 0 Å². The van der Waals surface area contributed by atoms with Crippen LogP contribution in [0.4, 0.5) is 5.69 Å². The van der Waals surface area contributed by atoms with Gasteiger partial charge in [0, 0.05) is 22.8 Å². The highest BCUT2D eigenvalue weighted by Gasteiger charge is 2.03. The van der Waals surface area contributed by atoms with E-state index in [1.165, 1.54) is 5.56 Å². The van der Waals surface area contributed by atoms with Crippen LogP contribution in [0, 0.1) is 0 Å². The second-order valence-corrected chi connectivity index (χ2v) is 4.02. The molecule has 2 aromatic carbocycles. The molecule has 0 aromatic heterocycles. The lowest BCUT2D eigenvalue weighted by Gasteiger charge is -2.10. The van der Waals surface area contributed by atoms with Crippen molar-refractivity contribution in [2.45, 2.75) is 6.92 Å². The first-order valence-electron chi connectivity index (χ1n) is 5.40. The topological polar surface area (TPSA) is 12.0 Å². The Hall–Kier alpha value is -1.47. The zero-order chi connectivity index (χ0) is 11.4. The van der Waals surface area contributed by atoms with Crippen LogP contribution in [0.2, 0.25) is 5.02 Å². The number of hydrogen-bond acceptors (Lipinski definition) is 1. The lowest BCUT2D eigenvalue weighted by molar-refractivity contribution is 1.21. The minimum atomic E-state index is 0.767. The Bertz CT molecular complexity index is 480. The van der Waals surface area contributed by atoms with Crippen LogP contribution >= 0.6 is 11.6 Å². The van der Waals surface area contributed by atoms with E-state index in [1.807, 2.05) is 30.3 Å². The quantitative estimate of drug-likeness (QED) is 0.824. The highest BCUT2D eigenvalue weighted by atomic mass is 35.5. The molecule has 2 heteroatoms. The zero-order valence-electron chi connectivity index (χ0n) is 9.20. The van der Waals surface area contributed by atoms with E-state index >= 15 is 0 Å². The van der Waals surface area contributed by atoms with Gasteiger partial charge in [-0.2, -0.15) is 0 Å². The zero-order valence-corrected chi connectivity index (χ0v) is 9.96. The summed E-state index contributed by atoms with van der Waals surface area (Å²) in [6.45, 7) is 3.01. The van der Waals surface area contributed by atoms with Gasteiger partial charge in [0.1, 0.15) is 0 Å². The van der Waals surface area contributed by atoms with E-state index in [9.17, 15) is 0 Å². The molecular formula is C14H14ClN. The fourth-order valence-electron chi connectivity index (χ4n) is 1.74. The molecule has 0 unspecified atom stereocenters. The smallest absolute Gasteiger partial charge is 0.0419 e. The molecule has 0 saturated heterocycles. The SMILES string of the molecule is CCNc1ccccc1-c1cccc(Cl)c1. The standard InChI is InChI=1S/C14H14ClN/c1-2-16-14-9-4-3-8-13(14)11-6-5-7-12(15)10-11/h3-10,16H,2H2,1H3. The van der Waals surface area contributed by atoms with Crippen LogP contribution in [0.1, 0.15) is 6.92 Å². The van der Waals surface area contributed by atoms with Crippen molar-refractivity contribution in [1.29, 1.82) is 0 Å². The van der Waals surface area contributed by atoms with Crippen LogP contribution in [0.25, 0.3) is 11.1 Å². The molecule has 1 N–H and O–H groups in total. The summed E-state index contributed by atoms with van der Waals surface area (Å²) in [4.78, 5) is 0. The summed E-state index contributed by atoms with van der Waals surface area (Å²) in [7, 11) is 0. The molecule has 0 aliphatic heterocycles. The first-order valence-corrected chi connectivity index (χ1v) is 5.78. The molecule has 0 atom stereocenters. The molecule has 0 bridgehead atoms. The maximum atomic E-state index is 6.00. The second-order valence-electron chi connectivity index (χ2n) is 3.59. The Morgan fingerprint density at radius 2 is 1.88 bits per heavy atom. The summed E-state index contributed by atoms with van der Waals surface area (Å²) in [6, 6.07) is 16.2. The molecule has 0 heterocycles. The third-order valence-corrected chi connectivity index (χ3v) is 2.67. The van der Waals surface area contributed by atoms with Gasteiger partial charge in [-0.05, 0) is 30.7 Å². The number of rotatable bonds is 3. The Labute approximate surface area is 101 Å². The molecule has 0 amide bonds. The number of nitrogens with one attached hydrogen (secondary N) is 1. The predicted octanol–water partition coefficient (Wildman–Crippen LogP) is 4.44. The maximum absolute atomic E-state index is 6.00. The van der Waals surface area contributed by atoms with Crippen molar-refractivity contribution in [3.8, 4) is 11.1 Å². The van der Waals surface area contributed by atoms with Crippen LogP contribution in [0.3, 0.4) is 0 Å². The fourth-order valence-corrected chi connectivity index (χ4v) is 1.93. The Kier molecular flexibility index (Phi) is 3.47. The van der Waals surface area contributed by atoms with Crippen molar-refractivity contribution in [2.75, 3.05) is 11.9 Å². The van der Waals surface area contributed by atoms with E-state index < -0.39 is 0 Å². The van der Waals surface area contributed by atoms with Gasteiger partial charge in [-0.1, -0.05) is 41.9 Å². The van der Waals surface area contributed by atoms with Gasteiger partial charge in [0.2, 0.25) is 0 Å². The third-order valence-electron chi connectivity index (χ3n) is 2.43. The summed E-state index contributed by atoms with van der Waals surface area (Å²) in [5.74, 6) is 0. The van der Waals surface area contributed by atoms with Gasteiger partial charge >= 0.3 is 0 Å². The Morgan fingerprint density at radius 1 is 1.06 bits per heavy atom. The van der Waals surface area contributed by atoms with Crippen molar-refractivity contribution in [1.82, 2.24) is 0 Å². The molecular weight excluding hydrogens is 218 g/mol. The molecule has 0 radical (unpaired) electrons. The average molecular weight is 232 g/mol. The normalized spacial score (nSPS) is 10.1. The summed E-state index contributed by atoms with van der Waals surface area (Å²) in [5, 5.41) is 4.12. The van der Waals surface area contributed by atoms with Gasteiger partial charge in [-0.25, -0.2) is 0 Å². The van der Waals surface area contributed by atoms with E-state index in [-0.39, 0.29) is 0 Å². The molecule has 2 aromatic rings. The van der Waals surface area contributed by atoms with Crippen molar-refractivity contribution in [2.24, 2.45) is 0 Å². The first kappa shape index (κ1) is 11.0. The highest BCUT2D eigenvalue weighted by Crippen LogP contribution is 2.29. The molecule has 0 aliphatic carbocycles. The second kappa shape index (κ2) is 5.04. The van der Waals surface area contributed by atoms with Gasteiger partial charge in [0.05, 0.1) is 0 Å². The molecule has 1 nitrogen and oxygen atoms in total. The van der Waals surface area contributed by atoms with Crippen LogP contribution in [-0.4, -0.2) is 6.54 Å². The largest absolute Gasteiger partial charge is 0.385 e. The van der Waals surface area contributed by atoms with E-state index in [4.69, 9.17) is 11.6 Å². The van der Waals surface area contributed by atoms with Gasteiger partial charge in [-0.15, -0.1) is 0 Å². The lowest BCUT2D eigenvalue weighted by atomic mass is 10.0. The van der Waals surface area contributed by atoms with Crippen LogP contribution in [0.15, 0.2) is 48.5 Å². The summed E-state index contributed by atoms with van der Waals surface area (Å²) >= 11 is 6.00. The first-order chi connectivity index (χ1) is 7.81. The minimum Gasteiger partial charge on any atom is -0.385 e. The average Bonchev–Trinajstić information content (AvgIpc) is 2.30. The van der Waals surface area contributed by atoms with Crippen molar-refractivity contribution < 1.29 is 0 Å². The van der Waals surface area contributed by atoms with Crippen LogP contribution in [0.5, 0.6) is 0 Å². The molecule has 2 rings (SSSR count). The van der Waals surface area contributed by atoms with E-state index in [1.54, 1.807) is 0 Å². The molecule has 0 aliphatic rings. The number of para-hydroxylation sites is 1. The molecule has 16 heavy (non-hydrogen) atoms. The molecule has 0 fully saturated rings. The van der Waals surface area contributed by atoms with E-state index in [2.05, 4.69) is 30.4 Å². The summed E-state index contributed by atoms with van der Waals surface area (Å²) in [6.07, 6.45) is 0. The third kappa shape index (κ3) is 2.37. The van der Waals surface area contributed by atoms with Crippen LogP contribution < -0.4 is 5.32 Å². The van der Waals surface area contributed by atoms with Gasteiger partial charge in [0.15, 0.2) is 0 Å². The minimum absolute atomic E-state index is 0.767. The summed E-state index contributed by atoms with van der Waals surface area (Å²) < 4.78 is 0. The molecule has 0 saturated carbocycles. The number of anilines is 1. The predicted molar refractivity (Wildman–Crippen MR) is 71.1 cm³/mol. The van der Waals surface area contributed by atoms with E-state index in [0.29, 0.717) is 0 Å². The highest BCUT2D eigenvalue weighted by molar-refractivity contribution is 6.30. The van der Waals surface area contributed by atoms with Crippen molar-refractivity contribution in [3.05, 3.63) is 53.6 Å². The van der Waals surface area contributed by atoms with Gasteiger partial charge < -0.3 is 5.32 Å². The van der Waals surface area contributed by atoms with Crippen molar-refractivity contribution >= 4 is 17.3 Å². The Morgan fingerprint density at radius 3 is 2.62 bits per heavy atom. The maximum Gasteiger partial charge on any atom is 0.0419 e. The summed E-state index contributed by atoms with van der Waals surface area (Å²) in [5.41, 5.74) is 3.48. The Balaban J connectivity index is 2.46. The number of benzene rings is 2. The lowest BCUT2D eigenvalue weighted by Crippen LogP contribution is -1.98. The van der Waals surface area contributed by atoms with Crippen LogP contribution in [-0.2, 0) is 0 Å². The van der Waals surface area contributed by atoms with Gasteiger partial charge in [0.25, 0.3) is 0 Å². The fraction of sp³-hybridized carbons (Fsp3) is 0.143. The molecule has 0 spiro atoms.